The lowest BCUT2D eigenvalue weighted by Gasteiger charge is -2.14. The number of benzene rings is 2. The van der Waals surface area contributed by atoms with E-state index in [1.807, 2.05) is 0 Å². The molecule has 0 aliphatic rings. The van der Waals surface area contributed by atoms with Crippen LogP contribution in [0.5, 0.6) is 5.75 Å². The Hall–Kier alpha value is -1.96. The SMILES string of the molecule is CCOc1cc2c([nH]c3ccccc32)c(CCCCCCC(C)C)c1C. The first kappa shape index (κ1) is 18.8. The van der Waals surface area contributed by atoms with Gasteiger partial charge in [0.15, 0.2) is 0 Å². The van der Waals surface area contributed by atoms with Crippen molar-refractivity contribution in [3.05, 3.63) is 41.5 Å². The second-order valence-corrected chi connectivity index (χ2v) is 7.85. The van der Waals surface area contributed by atoms with E-state index in [9.17, 15) is 0 Å². The summed E-state index contributed by atoms with van der Waals surface area (Å²) in [5.41, 5.74) is 5.25. The Morgan fingerprint density at radius 3 is 2.54 bits per heavy atom. The van der Waals surface area contributed by atoms with E-state index in [1.165, 1.54) is 65.0 Å². The van der Waals surface area contributed by atoms with Crippen LogP contribution in [0.15, 0.2) is 30.3 Å². The molecule has 26 heavy (non-hydrogen) atoms. The third-order valence-electron chi connectivity index (χ3n) is 5.40. The van der Waals surface area contributed by atoms with Crippen molar-refractivity contribution < 1.29 is 4.74 Å². The first-order chi connectivity index (χ1) is 12.6. The fourth-order valence-corrected chi connectivity index (χ4v) is 3.95. The molecule has 0 bridgehead atoms. The van der Waals surface area contributed by atoms with Gasteiger partial charge in [-0.05, 0) is 55.9 Å². The Labute approximate surface area is 157 Å². The van der Waals surface area contributed by atoms with Gasteiger partial charge in [0.1, 0.15) is 5.75 Å². The van der Waals surface area contributed by atoms with Crippen LogP contribution >= 0.6 is 0 Å². The van der Waals surface area contributed by atoms with Crippen LogP contribution in [0.25, 0.3) is 21.8 Å². The molecule has 0 unspecified atom stereocenters. The van der Waals surface area contributed by atoms with E-state index < -0.39 is 0 Å². The molecule has 1 N–H and O–H groups in total. The van der Waals surface area contributed by atoms with Gasteiger partial charge in [-0.25, -0.2) is 0 Å². The number of hydrogen-bond donors (Lipinski definition) is 1. The van der Waals surface area contributed by atoms with E-state index in [-0.39, 0.29) is 0 Å². The molecular weight excluding hydrogens is 318 g/mol. The zero-order valence-electron chi connectivity index (χ0n) is 16.8. The molecule has 0 saturated carbocycles. The summed E-state index contributed by atoms with van der Waals surface area (Å²) in [5, 5.41) is 2.59. The van der Waals surface area contributed by atoms with Gasteiger partial charge >= 0.3 is 0 Å². The minimum atomic E-state index is 0.712. The van der Waals surface area contributed by atoms with E-state index in [1.54, 1.807) is 0 Å². The summed E-state index contributed by atoms with van der Waals surface area (Å²) in [6.45, 7) is 9.62. The van der Waals surface area contributed by atoms with Crippen LogP contribution < -0.4 is 4.74 Å². The molecular formula is C24H33NO. The fraction of sp³-hybridized carbons (Fsp3) is 0.500. The molecule has 3 rings (SSSR count). The first-order valence-electron chi connectivity index (χ1n) is 10.3. The highest BCUT2D eigenvalue weighted by Gasteiger charge is 2.15. The van der Waals surface area contributed by atoms with Crippen LogP contribution in [-0.2, 0) is 6.42 Å². The number of H-pyrrole nitrogens is 1. The third kappa shape index (κ3) is 4.06. The summed E-state index contributed by atoms with van der Waals surface area (Å²) >= 11 is 0. The largest absolute Gasteiger partial charge is 0.494 e. The van der Waals surface area contributed by atoms with Gasteiger partial charge in [-0.3, -0.25) is 0 Å². The van der Waals surface area contributed by atoms with Crippen LogP contribution in [0, 0.1) is 12.8 Å². The molecule has 1 heterocycles. The van der Waals surface area contributed by atoms with E-state index in [0.717, 1.165) is 18.1 Å². The van der Waals surface area contributed by atoms with Gasteiger partial charge in [0, 0.05) is 16.3 Å². The highest BCUT2D eigenvalue weighted by atomic mass is 16.5. The molecule has 0 radical (unpaired) electrons. The maximum atomic E-state index is 5.96. The van der Waals surface area contributed by atoms with E-state index in [0.29, 0.717) is 6.61 Å². The lowest BCUT2D eigenvalue weighted by atomic mass is 9.96. The molecule has 2 heteroatoms. The second-order valence-electron chi connectivity index (χ2n) is 7.85. The first-order valence-corrected chi connectivity index (χ1v) is 10.3. The van der Waals surface area contributed by atoms with Crippen molar-refractivity contribution >= 4 is 21.8 Å². The van der Waals surface area contributed by atoms with E-state index >= 15 is 0 Å². The summed E-state index contributed by atoms with van der Waals surface area (Å²) in [5.74, 6) is 1.87. The second kappa shape index (κ2) is 8.62. The number of unbranched alkanes of at least 4 members (excludes halogenated alkanes) is 3. The molecule has 2 nitrogen and oxygen atoms in total. The van der Waals surface area contributed by atoms with Gasteiger partial charge in [-0.1, -0.05) is 57.7 Å². The van der Waals surface area contributed by atoms with Crippen molar-refractivity contribution in [2.45, 2.75) is 66.2 Å². The normalized spacial score (nSPS) is 11.7. The monoisotopic (exact) mass is 351 g/mol. The summed E-state index contributed by atoms with van der Waals surface area (Å²) < 4.78 is 5.96. The molecule has 2 aromatic carbocycles. The van der Waals surface area contributed by atoms with Crippen molar-refractivity contribution in [3.63, 3.8) is 0 Å². The molecule has 1 aromatic heterocycles. The smallest absolute Gasteiger partial charge is 0.123 e. The Balaban J connectivity index is 1.86. The number of hydrogen-bond acceptors (Lipinski definition) is 1. The van der Waals surface area contributed by atoms with Crippen LogP contribution in [0.1, 0.15) is 64.0 Å². The topological polar surface area (TPSA) is 25.0 Å². The quantitative estimate of drug-likeness (QED) is 0.406. The summed E-state index contributed by atoms with van der Waals surface area (Å²) in [6, 6.07) is 10.8. The van der Waals surface area contributed by atoms with Crippen molar-refractivity contribution in [2.24, 2.45) is 5.92 Å². The minimum absolute atomic E-state index is 0.712. The van der Waals surface area contributed by atoms with Crippen LogP contribution in [0.4, 0.5) is 0 Å². The number of ether oxygens (including phenoxy) is 1. The van der Waals surface area contributed by atoms with Gasteiger partial charge in [0.05, 0.1) is 12.1 Å². The molecule has 3 aromatic rings. The number of aromatic nitrogens is 1. The zero-order chi connectivity index (χ0) is 18.5. The number of para-hydroxylation sites is 1. The lowest BCUT2D eigenvalue weighted by molar-refractivity contribution is 0.338. The van der Waals surface area contributed by atoms with Crippen LogP contribution in [0.2, 0.25) is 0 Å². The molecule has 0 saturated heterocycles. The average molecular weight is 352 g/mol. The number of aromatic amines is 1. The molecule has 140 valence electrons. The van der Waals surface area contributed by atoms with Crippen LogP contribution in [-0.4, -0.2) is 11.6 Å². The molecule has 0 spiro atoms. The summed E-state index contributed by atoms with van der Waals surface area (Å²) in [7, 11) is 0. The summed E-state index contributed by atoms with van der Waals surface area (Å²) in [6.07, 6.45) is 7.74. The highest BCUT2D eigenvalue weighted by Crippen LogP contribution is 2.35. The number of fused-ring (bicyclic) bond motifs is 3. The maximum Gasteiger partial charge on any atom is 0.123 e. The van der Waals surface area contributed by atoms with Gasteiger partial charge < -0.3 is 9.72 Å². The van der Waals surface area contributed by atoms with Gasteiger partial charge in [0.25, 0.3) is 0 Å². The molecule has 0 fully saturated rings. The minimum Gasteiger partial charge on any atom is -0.494 e. The number of rotatable bonds is 9. The standard InChI is InChI=1S/C24H33NO/c1-5-26-23-16-21-20-14-10-11-15-22(20)25-24(21)19(18(23)4)13-9-7-6-8-12-17(2)3/h10-11,14-17,25H,5-9,12-13H2,1-4H3. The average Bonchev–Trinajstić information content (AvgIpc) is 2.98. The highest BCUT2D eigenvalue weighted by molar-refractivity contribution is 6.09. The van der Waals surface area contributed by atoms with E-state index in [4.69, 9.17) is 4.74 Å². The van der Waals surface area contributed by atoms with Gasteiger partial charge in [-0.15, -0.1) is 0 Å². The molecule has 0 atom stereocenters. The number of aryl methyl sites for hydroxylation is 1. The van der Waals surface area contributed by atoms with Gasteiger partial charge in [0.2, 0.25) is 0 Å². The molecule has 0 aliphatic carbocycles. The van der Waals surface area contributed by atoms with Crippen molar-refractivity contribution in [1.82, 2.24) is 4.98 Å². The lowest BCUT2D eigenvalue weighted by Crippen LogP contribution is -1.99. The van der Waals surface area contributed by atoms with Crippen molar-refractivity contribution in [3.8, 4) is 5.75 Å². The third-order valence-corrected chi connectivity index (χ3v) is 5.40. The Morgan fingerprint density at radius 1 is 1.00 bits per heavy atom. The molecule has 0 aliphatic heterocycles. The maximum absolute atomic E-state index is 5.96. The van der Waals surface area contributed by atoms with E-state index in [2.05, 4.69) is 63.0 Å². The number of nitrogens with one attached hydrogen (secondary N) is 1. The molecule has 0 amide bonds. The summed E-state index contributed by atoms with van der Waals surface area (Å²) in [4.78, 5) is 3.67. The fourth-order valence-electron chi connectivity index (χ4n) is 3.95. The Kier molecular flexibility index (Phi) is 6.24. The Morgan fingerprint density at radius 2 is 1.77 bits per heavy atom. The van der Waals surface area contributed by atoms with Gasteiger partial charge in [-0.2, -0.15) is 0 Å². The zero-order valence-corrected chi connectivity index (χ0v) is 16.8. The van der Waals surface area contributed by atoms with Crippen molar-refractivity contribution in [2.75, 3.05) is 6.61 Å². The van der Waals surface area contributed by atoms with Crippen molar-refractivity contribution in [1.29, 1.82) is 0 Å². The predicted molar refractivity (Wildman–Crippen MR) is 113 cm³/mol. The predicted octanol–water partition coefficient (Wildman–Crippen LogP) is 7.18. The van der Waals surface area contributed by atoms with Crippen LogP contribution in [0.3, 0.4) is 0 Å². The Bertz CT molecular complexity index is 859.